The van der Waals surface area contributed by atoms with Crippen molar-refractivity contribution in [3.63, 3.8) is 0 Å². The van der Waals surface area contributed by atoms with Crippen molar-refractivity contribution in [3.8, 4) is 0 Å². The molecule has 1 N–H and O–H groups in total. The van der Waals surface area contributed by atoms with Crippen LogP contribution in [0.25, 0.3) is 0 Å². The zero-order chi connectivity index (χ0) is 23.8. The minimum absolute atomic E-state index is 0.162. The molecule has 0 heterocycles. The van der Waals surface area contributed by atoms with E-state index in [9.17, 15) is 5.11 Å². The summed E-state index contributed by atoms with van der Waals surface area (Å²) >= 11 is 0. The summed E-state index contributed by atoms with van der Waals surface area (Å²) < 4.78 is 5.44. The second kappa shape index (κ2) is 17.5. The summed E-state index contributed by atoms with van der Waals surface area (Å²) in [6.45, 7) is 15.0. The smallest absolute Gasteiger partial charge is 0.181 e. The van der Waals surface area contributed by atoms with Crippen molar-refractivity contribution in [2.75, 3.05) is 13.4 Å². The molecule has 0 bridgehead atoms. The SMILES string of the molecule is CC(O)CC(C)CC(C)CC(C)CC(C)CC(C)CCCOOCOCc1ccccc1. The molecule has 0 amide bonds. The third kappa shape index (κ3) is 15.8. The molecule has 0 aliphatic rings. The van der Waals surface area contributed by atoms with Crippen LogP contribution in [0.5, 0.6) is 0 Å². The molecule has 0 saturated heterocycles. The maximum absolute atomic E-state index is 9.57. The standard InChI is InChI=1S/C28H50O4/c1-22(11-10-14-31-32-21-30-20-28-12-8-7-9-13-28)15-23(2)16-24(3)17-25(4)18-26(5)19-27(6)29/h7-9,12-13,22-27,29H,10-11,14-21H2,1-6H3. The minimum Gasteiger partial charge on any atom is -0.393 e. The topological polar surface area (TPSA) is 47.9 Å². The van der Waals surface area contributed by atoms with Gasteiger partial charge in [0.15, 0.2) is 6.79 Å². The maximum atomic E-state index is 9.57. The third-order valence-corrected chi connectivity index (χ3v) is 6.21. The van der Waals surface area contributed by atoms with E-state index in [1.54, 1.807) is 0 Å². The van der Waals surface area contributed by atoms with Gasteiger partial charge in [0, 0.05) is 0 Å². The van der Waals surface area contributed by atoms with E-state index in [1.807, 2.05) is 37.3 Å². The fraction of sp³-hybridized carbons (Fsp3) is 0.786. The van der Waals surface area contributed by atoms with Gasteiger partial charge in [-0.3, -0.25) is 0 Å². The summed E-state index contributed by atoms with van der Waals surface area (Å²) in [6.07, 6.45) is 8.01. The van der Waals surface area contributed by atoms with E-state index in [4.69, 9.17) is 14.5 Å². The first-order valence-electron chi connectivity index (χ1n) is 12.8. The van der Waals surface area contributed by atoms with E-state index < -0.39 is 0 Å². The first kappa shape index (κ1) is 29.1. The fourth-order valence-electron chi connectivity index (χ4n) is 5.18. The predicted molar refractivity (Wildman–Crippen MR) is 133 cm³/mol. The Labute approximate surface area is 198 Å². The van der Waals surface area contributed by atoms with Gasteiger partial charge in [0.2, 0.25) is 0 Å². The minimum atomic E-state index is -0.180. The molecule has 4 heteroatoms. The average molecular weight is 451 g/mol. The van der Waals surface area contributed by atoms with E-state index in [-0.39, 0.29) is 12.9 Å². The van der Waals surface area contributed by atoms with Crippen LogP contribution in [0.15, 0.2) is 30.3 Å². The third-order valence-electron chi connectivity index (χ3n) is 6.21. The highest BCUT2D eigenvalue weighted by Gasteiger charge is 2.17. The van der Waals surface area contributed by atoms with E-state index in [0.29, 0.717) is 25.0 Å². The quantitative estimate of drug-likeness (QED) is 0.103. The highest BCUT2D eigenvalue weighted by atomic mass is 17.2. The summed E-state index contributed by atoms with van der Waals surface area (Å²) in [7, 11) is 0. The molecule has 6 atom stereocenters. The van der Waals surface area contributed by atoms with Crippen LogP contribution < -0.4 is 0 Å². The van der Waals surface area contributed by atoms with Gasteiger partial charge in [-0.05, 0) is 87.0 Å². The van der Waals surface area contributed by atoms with Crippen LogP contribution >= 0.6 is 0 Å². The summed E-state index contributed by atoms with van der Waals surface area (Å²) in [6, 6.07) is 10.1. The van der Waals surface area contributed by atoms with Gasteiger partial charge in [0.1, 0.15) is 0 Å². The van der Waals surface area contributed by atoms with E-state index in [2.05, 4.69) is 34.6 Å². The molecule has 6 unspecified atom stereocenters. The molecule has 0 radical (unpaired) electrons. The van der Waals surface area contributed by atoms with Crippen molar-refractivity contribution in [1.82, 2.24) is 0 Å². The van der Waals surface area contributed by atoms with Crippen LogP contribution in [0, 0.1) is 29.6 Å². The maximum Gasteiger partial charge on any atom is 0.181 e. The number of aliphatic hydroxyl groups excluding tert-OH is 1. The van der Waals surface area contributed by atoms with Crippen LogP contribution in [-0.4, -0.2) is 24.6 Å². The first-order chi connectivity index (χ1) is 15.3. The molecule has 1 aromatic carbocycles. The second-order valence-corrected chi connectivity index (χ2v) is 10.6. The van der Waals surface area contributed by atoms with Crippen molar-refractivity contribution in [2.45, 2.75) is 99.2 Å². The predicted octanol–water partition coefficient (Wildman–Crippen LogP) is 7.40. The highest BCUT2D eigenvalue weighted by molar-refractivity contribution is 5.13. The fourth-order valence-corrected chi connectivity index (χ4v) is 5.18. The average Bonchev–Trinajstić information content (AvgIpc) is 2.69. The van der Waals surface area contributed by atoms with Gasteiger partial charge in [-0.25, -0.2) is 9.78 Å². The highest BCUT2D eigenvalue weighted by Crippen LogP contribution is 2.28. The van der Waals surface area contributed by atoms with Crippen LogP contribution in [0.2, 0.25) is 0 Å². The molecule has 0 aliphatic carbocycles. The van der Waals surface area contributed by atoms with Crippen LogP contribution in [-0.2, 0) is 21.1 Å². The van der Waals surface area contributed by atoms with Crippen molar-refractivity contribution in [1.29, 1.82) is 0 Å². The molecule has 4 nitrogen and oxygen atoms in total. The van der Waals surface area contributed by atoms with E-state index in [1.165, 1.54) is 32.1 Å². The van der Waals surface area contributed by atoms with Gasteiger partial charge in [0.05, 0.1) is 19.3 Å². The van der Waals surface area contributed by atoms with Crippen LogP contribution in [0.1, 0.15) is 92.1 Å². The monoisotopic (exact) mass is 450 g/mol. The molecule has 0 aromatic heterocycles. The lowest BCUT2D eigenvalue weighted by atomic mass is 9.82. The van der Waals surface area contributed by atoms with Crippen LogP contribution in [0.3, 0.4) is 0 Å². The lowest BCUT2D eigenvalue weighted by Crippen LogP contribution is -2.14. The molecule has 0 saturated carbocycles. The summed E-state index contributed by atoms with van der Waals surface area (Å²) in [5.41, 5.74) is 1.13. The van der Waals surface area contributed by atoms with Crippen molar-refractivity contribution in [2.24, 2.45) is 29.6 Å². The second-order valence-electron chi connectivity index (χ2n) is 10.6. The largest absolute Gasteiger partial charge is 0.393 e. The van der Waals surface area contributed by atoms with Gasteiger partial charge in [0.25, 0.3) is 0 Å². The van der Waals surface area contributed by atoms with Gasteiger partial charge in [-0.2, -0.15) is 0 Å². The van der Waals surface area contributed by atoms with Gasteiger partial charge >= 0.3 is 0 Å². The Kier molecular flexibility index (Phi) is 15.9. The Morgan fingerprint density at radius 1 is 0.688 bits per heavy atom. The molecule has 0 aliphatic heterocycles. The lowest BCUT2D eigenvalue weighted by molar-refractivity contribution is -0.338. The molecule has 1 aromatic rings. The van der Waals surface area contributed by atoms with Crippen LogP contribution in [0.4, 0.5) is 0 Å². The van der Waals surface area contributed by atoms with E-state index in [0.717, 1.165) is 36.2 Å². The van der Waals surface area contributed by atoms with Crippen molar-refractivity contribution >= 4 is 0 Å². The Morgan fingerprint density at radius 2 is 1.22 bits per heavy atom. The number of hydrogen-bond donors (Lipinski definition) is 1. The molecule has 0 fully saturated rings. The van der Waals surface area contributed by atoms with Crippen molar-refractivity contribution in [3.05, 3.63) is 35.9 Å². The summed E-state index contributed by atoms with van der Waals surface area (Å²) in [5, 5.41) is 9.57. The Balaban J connectivity index is 2.02. The normalized spacial score (nSPS) is 17.5. The first-order valence-corrected chi connectivity index (χ1v) is 12.8. The molecule has 186 valence electrons. The molecule has 0 spiro atoms. The Hall–Kier alpha value is -0.940. The number of rotatable bonds is 19. The van der Waals surface area contributed by atoms with Crippen molar-refractivity contribution < 1.29 is 19.6 Å². The molecular weight excluding hydrogens is 400 g/mol. The molecular formula is C28H50O4. The van der Waals surface area contributed by atoms with E-state index >= 15 is 0 Å². The number of benzene rings is 1. The lowest BCUT2D eigenvalue weighted by Gasteiger charge is -2.24. The Bertz CT molecular complexity index is 548. The Morgan fingerprint density at radius 3 is 1.78 bits per heavy atom. The van der Waals surface area contributed by atoms with Gasteiger partial charge in [-0.15, -0.1) is 0 Å². The number of ether oxygens (including phenoxy) is 1. The van der Waals surface area contributed by atoms with Gasteiger partial charge < -0.3 is 9.84 Å². The summed E-state index contributed by atoms with van der Waals surface area (Å²) in [5.74, 6) is 3.57. The number of aliphatic hydroxyl groups is 1. The zero-order valence-electron chi connectivity index (χ0n) is 21.6. The molecule has 1 rings (SSSR count). The molecule has 32 heavy (non-hydrogen) atoms. The zero-order valence-corrected chi connectivity index (χ0v) is 21.6. The number of hydrogen-bond acceptors (Lipinski definition) is 4. The van der Waals surface area contributed by atoms with Gasteiger partial charge in [-0.1, -0.05) is 65.0 Å². The summed E-state index contributed by atoms with van der Waals surface area (Å²) in [4.78, 5) is 10.4.